The van der Waals surface area contributed by atoms with E-state index in [0.29, 0.717) is 19.6 Å². The largest absolute Gasteiger partial charge is 0.494 e. The zero-order valence-corrected chi connectivity index (χ0v) is 12.1. The van der Waals surface area contributed by atoms with E-state index in [0.717, 1.165) is 10.8 Å². The van der Waals surface area contributed by atoms with Gasteiger partial charge in [0, 0.05) is 6.42 Å². The molecule has 0 amide bonds. The Kier molecular flexibility index (Phi) is 4.11. The van der Waals surface area contributed by atoms with Crippen molar-refractivity contribution in [3.05, 3.63) is 58.3 Å². The molecule has 0 atom stereocenters. The SMILES string of the molecule is O=c1n(CCCOc2ccccc2)nnn1-c1cccs1. The molecule has 6 nitrogen and oxygen atoms in total. The topological polar surface area (TPSA) is 61.9 Å². The van der Waals surface area contributed by atoms with Crippen molar-refractivity contribution in [2.75, 3.05) is 6.61 Å². The van der Waals surface area contributed by atoms with E-state index in [9.17, 15) is 4.79 Å². The number of rotatable bonds is 6. The van der Waals surface area contributed by atoms with Gasteiger partial charge in [0.05, 0.1) is 13.2 Å². The fourth-order valence-corrected chi connectivity index (χ4v) is 2.53. The number of aromatic nitrogens is 4. The van der Waals surface area contributed by atoms with Crippen LogP contribution < -0.4 is 10.4 Å². The summed E-state index contributed by atoms with van der Waals surface area (Å²) in [6, 6.07) is 13.3. The number of hydrogen-bond donors (Lipinski definition) is 0. The predicted octanol–water partition coefficient (Wildman–Crippen LogP) is 1.96. The molecular formula is C14H14N4O2S. The maximum Gasteiger partial charge on any atom is 0.369 e. The van der Waals surface area contributed by atoms with Crippen LogP contribution in [-0.4, -0.2) is 26.4 Å². The molecule has 0 aliphatic carbocycles. The summed E-state index contributed by atoms with van der Waals surface area (Å²) >= 11 is 1.45. The maximum atomic E-state index is 12.1. The molecule has 0 aliphatic rings. The molecular weight excluding hydrogens is 288 g/mol. The molecule has 0 unspecified atom stereocenters. The minimum absolute atomic E-state index is 0.225. The van der Waals surface area contributed by atoms with E-state index >= 15 is 0 Å². The van der Waals surface area contributed by atoms with Gasteiger partial charge in [0.25, 0.3) is 0 Å². The Morgan fingerprint density at radius 3 is 2.71 bits per heavy atom. The number of ether oxygens (including phenoxy) is 1. The van der Waals surface area contributed by atoms with Crippen LogP contribution in [0, 0.1) is 0 Å². The van der Waals surface area contributed by atoms with Crippen molar-refractivity contribution in [1.82, 2.24) is 19.8 Å². The molecule has 0 spiro atoms. The lowest BCUT2D eigenvalue weighted by atomic mass is 10.3. The Morgan fingerprint density at radius 2 is 1.95 bits per heavy atom. The van der Waals surface area contributed by atoms with Crippen LogP contribution in [0.1, 0.15) is 6.42 Å². The number of tetrazole rings is 1. The van der Waals surface area contributed by atoms with Gasteiger partial charge in [0.2, 0.25) is 0 Å². The van der Waals surface area contributed by atoms with Gasteiger partial charge in [0.1, 0.15) is 10.8 Å². The Bertz CT molecular complexity index is 734. The van der Waals surface area contributed by atoms with Gasteiger partial charge in [0.15, 0.2) is 0 Å². The molecule has 0 saturated carbocycles. The highest BCUT2D eigenvalue weighted by atomic mass is 32.1. The maximum absolute atomic E-state index is 12.1. The van der Waals surface area contributed by atoms with Gasteiger partial charge in [-0.15, -0.1) is 11.3 Å². The van der Waals surface area contributed by atoms with Crippen molar-refractivity contribution in [1.29, 1.82) is 0 Å². The van der Waals surface area contributed by atoms with Crippen LogP contribution in [0.3, 0.4) is 0 Å². The second-order valence-corrected chi connectivity index (χ2v) is 5.29. The number of aryl methyl sites for hydroxylation is 1. The lowest BCUT2D eigenvalue weighted by Gasteiger charge is -2.04. The average Bonchev–Trinajstić information content (AvgIpc) is 3.15. The summed E-state index contributed by atoms with van der Waals surface area (Å²) in [6.07, 6.45) is 0.692. The summed E-state index contributed by atoms with van der Waals surface area (Å²) in [5.74, 6) is 0.826. The lowest BCUT2D eigenvalue weighted by Crippen LogP contribution is -2.24. The van der Waals surface area contributed by atoms with E-state index in [2.05, 4.69) is 10.4 Å². The van der Waals surface area contributed by atoms with Crippen LogP contribution >= 0.6 is 11.3 Å². The fourth-order valence-electron chi connectivity index (χ4n) is 1.86. The van der Waals surface area contributed by atoms with Crippen molar-refractivity contribution >= 4 is 11.3 Å². The second-order valence-electron chi connectivity index (χ2n) is 4.36. The summed E-state index contributed by atoms with van der Waals surface area (Å²) < 4.78 is 8.24. The van der Waals surface area contributed by atoms with Crippen LogP contribution in [0.15, 0.2) is 52.6 Å². The Balaban J connectivity index is 1.56. The minimum atomic E-state index is -0.225. The Labute approximate surface area is 125 Å². The Hall–Kier alpha value is -2.41. The van der Waals surface area contributed by atoms with E-state index in [-0.39, 0.29) is 5.69 Å². The van der Waals surface area contributed by atoms with Gasteiger partial charge in [-0.05, 0) is 40.1 Å². The van der Waals surface area contributed by atoms with Crippen molar-refractivity contribution in [3.63, 3.8) is 0 Å². The van der Waals surface area contributed by atoms with Gasteiger partial charge in [-0.2, -0.15) is 9.36 Å². The fraction of sp³-hybridized carbons (Fsp3) is 0.214. The van der Waals surface area contributed by atoms with E-state index in [4.69, 9.17) is 4.74 Å². The van der Waals surface area contributed by atoms with Gasteiger partial charge in [-0.25, -0.2) is 4.79 Å². The van der Waals surface area contributed by atoms with Crippen LogP contribution in [0.2, 0.25) is 0 Å². The van der Waals surface area contributed by atoms with Crippen LogP contribution in [0.5, 0.6) is 5.75 Å². The minimum Gasteiger partial charge on any atom is -0.494 e. The third-order valence-electron chi connectivity index (χ3n) is 2.88. The molecule has 1 aromatic carbocycles. The second kappa shape index (κ2) is 6.36. The number of benzene rings is 1. The first-order valence-electron chi connectivity index (χ1n) is 6.59. The summed E-state index contributed by atoms with van der Waals surface area (Å²) in [4.78, 5) is 12.1. The molecule has 3 aromatic rings. The van der Waals surface area contributed by atoms with Crippen LogP contribution in [-0.2, 0) is 6.54 Å². The molecule has 2 heterocycles. The quantitative estimate of drug-likeness (QED) is 0.653. The smallest absolute Gasteiger partial charge is 0.369 e. The van der Waals surface area contributed by atoms with E-state index in [1.165, 1.54) is 20.7 Å². The van der Waals surface area contributed by atoms with Crippen LogP contribution in [0.25, 0.3) is 5.00 Å². The summed E-state index contributed by atoms with van der Waals surface area (Å²) in [5.41, 5.74) is -0.225. The molecule has 21 heavy (non-hydrogen) atoms. The first-order chi connectivity index (χ1) is 10.3. The zero-order valence-electron chi connectivity index (χ0n) is 11.3. The molecule has 2 aromatic heterocycles. The normalized spacial score (nSPS) is 10.7. The highest BCUT2D eigenvalue weighted by molar-refractivity contribution is 7.12. The van der Waals surface area contributed by atoms with Crippen molar-refractivity contribution in [3.8, 4) is 10.8 Å². The monoisotopic (exact) mass is 302 g/mol. The van der Waals surface area contributed by atoms with E-state index in [1.54, 1.807) is 0 Å². The molecule has 7 heteroatoms. The van der Waals surface area contributed by atoms with Gasteiger partial charge in [-0.3, -0.25) is 0 Å². The summed E-state index contributed by atoms with van der Waals surface area (Å²) in [7, 11) is 0. The standard InChI is InChI=1S/C14H14N4O2S/c19-14-17(15-16-18(14)13-8-4-11-21-13)9-5-10-20-12-6-2-1-3-7-12/h1-4,6-8,11H,5,9-10H2. The third kappa shape index (κ3) is 3.19. The number of para-hydroxylation sites is 1. The van der Waals surface area contributed by atoms with Gasteiger partial charge >= 0.3 is 5.69 Å². The first-order valence-corrected chi connectivity index (χ1v) is 7.47. The van der Waals surface area contributed by atoms with E-state index in [1.807, 2.05) is 47.8 Å². The summed E-state index contributed by atoms with van der Waals surface area (Å²) in [6.45, 7) is 1.01. The molecule has 0 N–H and O–H groups in total. The molecule has 0 saturated heterocycles. The highest BCUT2D eigenvalue weighted by Gasteiger charge is 2.08. The van der Waals surface area contributed by atoms with Crippen LogP contribution in [0.4, 0.5) is 0 Å². The molecule has 108 valence electrons. The van der Waals surface area contributed by atoms with E-state index < -0.39 is 0 Å². The van der Waals surface area contributed by atoms with Crippen molar-refractivity contribution in [2.24, 2.45) is 0 Å². The number of thiophene rings is 1. The molecule has 0 bridgehead atoms. The van der Waals surface area contributed by atoms with Crippen molar-refractivity contribution in [2.45, 2.75) is 13.0 Å². The third-order valence-corrected chi connectivity index (χ3v) is 3.72. The number of nitrogens with zero attached hydrogens (tertiary/aromatic N) is 4. The van der Waals surface area contributed by atoms with Gasteiger partial charge in [-0.1, -0.05) is 18.2 Å². The van der Waals surface area contributed by atoms with Gasteiger partial charge < -0.3 is 4.74 Å². The predicted molar refractivity (Wildman–Crippen MR) is 80.1 cm³/mol. The Morgan fingerprint density at radius 1 is 1.10 bits per heavy atom. The molecule has 0 fully saturated rings. The zero-order chi connectivity index (χ0) is 14.5. The first kappa shape index (κ1) is 13.6. The number of hydrogen-bond acceptors (Lipinski definition) is 5. The van der Waals surface area contributed by atoms with Crippen molar-refractivity contribution < 1.29 is 4.74 Å². The molecule has 0 aliphatic heterocycles. The molecule has 3 rings (SSSR count). The lowest BCUT2D eigenvalue weighted by molar-refractivity contribution is 0.297. The average molecular weight is 302 g/mol. The highest BCUT2D eigenvalue weighted by Crippen LogP contribution is 2.11. The summed E-state index contributed by atoms with van der Waals surface area (Å²) in [5, 5.41) is 10.4. The molecule has 0 radical (unpaired) electrons.